The summed E-state index contributed by atoms with van der Waals surface area (Å²) in [5.74, 6) is -2.57. The summed E-state index contributed by atoms with van der Waals surface area (Å²) in [5.41, 5.74) is 1.79. The molecule has 0 radical (unpaired) electrons. The van der Waals surface area contributed by atoms with Crippen LogP contribution in [-0.4, -0.2) is 48.4 Å². The standard InChI is InChI=1S/C18H15ClF2N6O/c19-11-1-2-13-12(5-11)17-14(6-23-13)25-16(7-26-10-22-9-24-26)27(17)15-3-4-28-8-18(15,20)21/h1-2,5-6,9-10,15H,3-4,7-8H2. The maximum atomic E-state index is 14.8. The van der Waals surface area contributed by atoms with Gasteiger partial charge in [0.05, 0.1) is 17.2 Å². The summed E-state index contributed by atoms with van der Waals surface area (Å²) in [5, 5.41) is 5.27. The van der Waals surface area contributed by atoms with Gasteiger partial charge in [-0.25, -0.2) is 23.4 Å². The fourth-order valence-corrected chi connectivity index (χ4v) is 3.90. The molecule has 0 spiro atoms. The van der Waals surface area contributed by atoms with Crippen LogP contribution in [0.4, 0.5) is 8.78 Å². The highest BCUT2D eigenvalue weighted by molar-refractivity contribution is 6.31. The fourth-order valence-electron chi connectivity index (χ4n) is 3.73. The minimum atomic E-state index is -3.03. The van der Waals surface area contributed by atoms with Gasteiger partial charge >= 0.3 is 0 Å². The monoisotopic (exact) mass is 404 g/mol. The Kier molecular flexibility index (Phi) is 4.02. The molecule has 1 unspecified atom stereocenters. The molecule has 1 aliphatic rings. The largest absolute Gasteiger partial charge is 0.375 e. The normalized spacial score (nSPS) is 19.5. The number of hydrogen-bond donors (Lipinski definition) is 0. The van der Waals surface area contributed by atoms with Crippen molar-refractivity contribution in [2.24, 2.45) is 0 Å². The van der Waals surface area contributed by atoms with Crippen LogP contribution >= 0.6 is 11.6 Å². The first-order valence-corrected chi connectivity index (χ1v) is 9.14. The van der Waals surface area contributed by atoms with Crippen LogP contribution in [0.25, 0.3) is 21.9 Å². The van der Waals surface area contributed by atoms with Gasteiger partial charge in [0.2, 0.25) is 0 Å². The Morgan fingerprint density at radius 2 is 2.18 bits per heavy atom. The average Bonchev–Trinajstić information content (AvgIpc) is 3.29. The van der Waals surface area contributed by atoms with Crippen molar-refractivity contribution in [3.8, 4) is 0 Å². The summed E-state index contributed by atoms with van der Waals surface area (Å²) in [7, 11) is 0. The second kappa shape index (κ2) is 6.46. The number of hydrogen-bond acceptors (Lipinski definition) is 5. The maximum absolute atomic E-state index is 14.8. The van der Waals surface area contributed by atoms with E-state index >= 15 is 0 Å². The van der Waals surface area contributed by atoms with E-state index in [2.05, 4.69) is 20.1 Å². The summed E-state index contributed by atoms with van der Waals surface area (Å²) < 4.78 is 37.9. The van der Waals surface area contributed by atoms with Crippen LogP contribution in [0.5, 0.6) is 0 Å². The zero-order valence-electron chi connectivity index (χ0n) is 14.6. The predicted molar refractivity (Wildman–Crippen MR) is 98.6 cm³/mol. The molecule has 10 heteroatoms. The summed E-state index contributed by atoms with van der Waals surface area (Å²) >= 11 is 6.19. The third-order valence-corrected chi connectivity index (χ3v) is 5.19. The Morgan fingerprint density at radius 3 is 2.96 bits per heavy atom. The van der Waals surface area contributed by atoms with E-state index in [1.54, 1.807) is 33.6 Å². The van der Waals surface area contributed by atoms with Crippen LogP contribution in [0, 0.1) is 0 Å². The van der Waals surface area contributed by atoms with Gasteiger partial charge in [0.1, 0.15) is 43.2 Å². The first-order valence-electron chi connectivity index (χ1n) is 8.76. The number of pyridine rings is 1. The van der Waals surface area contributed by atoms with Gasteiger partial charge in [-0.2, -0.15) is 5.10 Å². The third kappa shape index (κ3) is 2.82. The van der Waals surface area contributed by atoms with E-state index in [1.807, 2.05) is 0 Å². The molecule has 1 aromatic carbocycles. The second-order valence-electron chi connectivity index (χ2n) is 6.76. The van der Waals surface area contributed by atoms with Crippen LogP contribution in [-0.2, 0) is 11.3 Å². The van der Waals surface area contributed by atoms with Gasteiger partial charge in [-0.3, -0.25) is 4.98 Å². The molecule has 1 saturated heterocycles. The fraction of sp³-hybridized carbons (Fsp3) is 0.333. The van der Waals surface area contributed by atoms with Gasteiger partial charge < -0.3 is 9.30 Å². The molecule has 4 aromatic rings. The predicted octanol–water partition coefficient (Wildman–Crippen LogP) is 3.47. The SMILES string of the molecule is FC1(F)COCCC1n1c(Cn2cncn2)nc2cnc3ccc(Cl)cc3c21. The lowest BCUT2D eigenvalue weighted by atomic mass is 10.0. The number of benzene rings is 1. The van der Waals surface area contributed by atoms with Crippen molar-refractivity contribution in [3.63, 3.8) is 0 Å². The smallest absolute Gasteiger partial charge is 0.291 e. The molecule has 1 atom stereocenters. The number of halogens is 3. The number of imidazole rings is 1. The Labute approximate surface area is 162 Å². The quantitative estimate of drug-likeness (QED) is 0.523. The number of rotatable bonds is 3. The molecule has 0 bridgehead atoms. The highest BCUT2D eigenvalue weighted by Gasteiger charge is 2.45. The summed E-state index contributed by atoms with van der Waals surface area (Å²) in [6.45, 7) is -0.152. The molecule has 0 N–H and O–H groups in total. The van der Waals surface area contributed by atoms with Gasteiger partial charge in [0.15, 0.2) is 0 Å². The third-order valence-electron chi connectivity index (χ3n) is 4.95. The van der Waals surface area contributed by atoms with Crippen LogP contribution in [0.3, 0.4) is 0 Å². The minimum Gasteiger partial charge on any atom is -0.375 e. The highest BCUT2D eigenvalue weighted by atomic mass is 35.5. The van der Waals surface area contributed by atoms with Crippen molar-refractivity contribution >= 4 is 33.5 Å². The topological polar surface area (TPSA) is 70.7 Å². The molecular weight excluding hydrogens is 390 g/mol. The molecule has 0 amide bonds. The van der Waals surface area contributed by atoms with Crippen LogP contribution in [0.2, 0.25) is 5.02 Å². The zero-order valence-corrected chi connectivity index (χ0v) is 15.4. The van der Waals surface area contributed by atoms with E-state index in [0.29, 0.717) is 32.8 Å². The average molecular weight is 405 g/mol. The van der Waals surface area contributed by atoms with E-state index in [0.717, 1.165) is 0 Å². The molecule has 3 aromatic heterocycles. The van der Waals surface area contributed by atoms with E-state index in [1.165, 1.54) is 12.7 Å². The molecule has 144 valence electrons. The Morgan fingerprint density at radius 1 is 1.29 bits per heavy atom. The summed E-state index contributed by atoms with van der Waals surface area (Å²) in [6.07, 6.45) is 4.70. The van der Waals surface area contributed by atoms with Crippen molar-refractivity contribution in [1.29, 1.82) is 0 Å². The molecule has 1 fully saturated rings. The first kappa shape index (κ1) is 17.4. The van der Waals surface area contributed by atoms with Crippen LogP contribution < -0.4 is 0 Å². The van der Waals surface area contributed by atoms with Gasteiger partial charge in [0, 0.05) is 17.0 Å². The van der Waals surface area contributed by atoms with Gasteiger partial charge in [-0.15, -0.1) is 0 Å². The van der Waals surface area contributed by atoms with Gasteiger partial charge in [-0.05, 0) is 24.6 Å². The molecule has 5 rings (SSSR count). The highest BCUT2D eigenvalue weighted by Crippen LogP contribution is 2.40. The van der Waals surface area contributed by atoms with Crippen molar-refractivity contribution < 1.29 is 13.5 Å². The molecule has 28 heavy (non-hydrogen) atoms. The van der Waals surface area contributed by atoms with Crippen molar-refractivity contribution in [1.82, 2.24) is 29.3 Å². The molecule has 7 nitrogen and oxygen atoms in total. The summed E-state index contributed by atoms with van der Waals surface area (Å²) in [4.78, 5) is 12.9. The van der Waals surface area contributed by atoms with Crippen LogP contribution in [0.15, 0.2) is 37.1 Å². The second-order valence-corrected chi connectivity index (χ2v) is 7.20. The van der Waals surface area contributed by atoms with E-state index < -0.39 is 18.6 Å². The van der Waals surface area contributed by atoms with E-state index in [4.69, 9.17) is 16.3 Å². The molecule has 4 heterocycles. The van der Waals surface area contributed by atoms with Gasteiger partial charge in [0.25, 0.3) is 5.92 Å². The van der Waals surface area contributed by atoms with Crippen LogP contribution in [0.1, 0.15) is 18.3 Å². The first-order chi connectivity index (χ1) is 13.5. The molecule has 0 aliphatic carbocycles. The number of ether oxygens (including phenoxy) is 1. The van der Waals surface area contributed by atoms with Crippen molar-refractivity contribution in [2.75, 3.05) is 13.2 Å². The molecule has 1 aliphatic heterocycles. The lowest BCUT2D eigenvalue weighted by Crippen LogP contribution is -2.41. The molecule has 0 saturated carbocycles. The maximum Gasteiger partial charge on any atom is 0.291 e. The number of aromatic nitrogens is 6. The Hall–Kier alpha value is -2.65. The minimum absolute atomic E-state index is 0.174. The van der Waals surface area contributed by atoms with E-state index in [-0.39, 0.29) is 19.6 Å². The Bertz CT molecular complexity index is 1160. The molecular formula is C18H15ClF2N6O. The number of alkyl halides is 2. The van der Waals surface area contributed by atoms with Gasteiger partial charge in [-0.1, -0.05) is 11.6 Å². The summed E-state index contributed by atoms with van der Waals surface area (Å²) in [6, 6.07) is 4.15. The Balaban J connectivity index is 1.81. The number of nitrogens with zero attached hydrogens (tertiary/aromatic N) is 6. The van der Waals surface area contributed by atoms with Crippen molar-refractivity contribution in [2.45, 2.75) is 24.9 Å². The zero-order chi connectivity index (χ0) is 19.3. The lowest BCUT2D eigenvalue weighted by Gasteiger charge is -2.33. The number of fused-ring (bicyclic) bond motifs is 3. The lowest BCUT2D eigenvalue weighted by molar-refractivity contribution is -0.147. The van der Waals surface area contributed by atoms with E-state index in [9.17, 15) is 8.78 Å². The van der Waals surface area contributed by atoms with Crippen molar-refractivity contribution in [3.05, 3.63) is 47.9 Å².